The zero-order valence-electron chi connectivity index (χ0n) is 11.8. The average molecular weight is 270 g/mol. The molecule has 0 aromatic rings. The van der Waals surface area contributed by atoms with Gasteiger partial charge in [-0.1, -0.05) is 26.2 Å². The van der Waals surface area contributed by atoms with Crippen molar-refractivity contribution < 1.29 is 14.7 Å². The molecule has 2 amide bonds. The minimum Gasteiger partial charge on any atom is -0.481 e. The number of amides is 2. The van der Waals surface area contributed by atoms with E-state index in [4.69, 9.17) is 5.11 Å². The van der Waals surface area contributed by atoms with Crippen LogP contribution in [0.2, 0.25) is 0 Å². The molecule has 0 atom stereocenters. The Labute approximate surface area is 115 Å². The molecule has 0 aromatic heterocycles. The Morgan fingerprint density at radius 2 is 1.89 bits per heavy atom. The second kappa shape index (κ2) is 8.77. The number of nitrogens with one attached hydrogen (secondary N) is 2. The molecule has 0 aromatic carbocycles. The predicted molar refractivity (Wildman–Crippen MR) is 74.1 cm³/mol. The highest BCUT2D eigenvalue weighted by Gasteiger charge is 2.21. The van der Waals surface area contributed by atoms with E-state index in [2.05, 4.69) is 17.6 Å². The highest BCUT2D eigenvalue weighted by molar-refractivity contribution is 5.75. The summed E-state index contributed by atoms with van der Waals surface area (Å²) in [4.78, 5) is 21.9. The molecule has 0 bridgehead atoms. The van der Waals surface area contributed by atoms with Crippen LogP contribution in [0, 0.1) is 5.92 Å². The van der Waals surface area contributed by atoms with Crippen molar-refractivity contribution in [1.29, 1.82) is 0 Å². The van der Waals surface area contributed by atoms with Gasteiger partial charge in [0.1, 0.15) is 0 Å². The first-order chi connectivity index (χ1) is 9.11. The van der Waals surface area contributed by atoms with Crippen LogP contribution in [0.1, 0.15) is 58.3 Å². The van der Waals surface area contributed by atoms with Gasteiger partial charge in [0.05, 0.1) is 6.42 Å². The number of hydrogen-bond donors (Lipinski definition) is 3. The zero-order chi connectivity index (χ0) is 14.1. The Kier molecular flexibility index (Phi) is 7.30. The predicted octanol–water partition coefficient (Wildman–Crippen LogP) is 2.51. The zero-order valence-corrected chi connectivity index (χ0v) is 11.8. The highest BCUT2D eigenvalue weighted by atomic mass is 16.4. The Morgan fingerprint density at radius 3 is 2.47 bits per heavy atom. The molecule has 19 heavy (non-hydrogen) atoms. The van der Waals surface area contributed by atoms with E-state index in [0.717, 1.165) is 18.8 Å². The van der Waals surface area contributed by atoms with E-state index < -0.39 is 5.97 Å². The number of urea groups is 1. The largest absolute Gasteiger partial charge is 0.481 e. The number of hydrogen-bond acceptors (Lipinski definition) is 2. The first-order valence-electron chi connectivity index (χ1n) is 7.38. The quantitative estimate of drug-likeness (QED) is 0.665. The van der Waals surface area contributed by atoms with Crippen LogP contribution in [0.5, 0.6) is 0 Å². The molecule has 0 spiro atoms. The summed E-state index contributed by atoms with van der Waals surface area (Å²) in [5, 5.41) is 14.0. The molecule has 1 aliphatic rings. The third-order valence-electron chi connectivity index (χ3n) is 3.77. The molecule has 1 fully saturated rings. The van der Waals surface area contributed by atoms with Crippen molar-refractivity contribution in [2.45, 2.75) is 64.3 Å². The van der Waals surface area contributed by atoms with Crippen LogP contribution >= 0.6 is 0 Å². The van der Waals surface area contributed by atoms with Gasteiger partial charge in [0, 0.05) is 12.6 Å². The van der Waals surface area contributed by atoms with Crippen LogP contribution in [-0.4, -0.2) is 29.7 Å². The molecule has 3 N–H and O–H groups in total. The molecule has 5 nitrogen and oxygen atoms in total. The fourth-order valence-electron chi connectivity index (χ4n) is 2.61. The summed E-state index contributed by atoms with van der Waals surface area (Å²) in [6.07, 6.45) is 8.31. The van der Waals surface area contributed by atoms with Gasteiger partial charge in [0.2, 0.25) is 0 Å². The molecule has 5 heteroatoms. The normalized spacial score (nSPS) is 22.8. The summed E-state index contributed by atoms with van der Waals surface area (Å²) < 4.78 is 0. The fraction of sp³-hybridized carbons (Fsp3) is 0.857. The molecule has 1 saturated carbocycles. The standard InChI is InChI=1S/C14H26N2O3/c1-2-3-4-11-5-7-12(8-6-11)16-14(19)15-10-9-13(17)18/h11-12H,2-10H2,1H3,(H,17,18)(H2,15,16,19). The lowest BCUT2D eigenvalue weighted by Gasteiger charge is -2.29. The monoisotopic (exact) mass is 270 g/mol. The van der Waals surface area contributed by atoms with Crippen molar-refractivity contribution >= 4 is 12.0 Å². The lowest BCUT2D eigenvalue weighted by molar-refractivity contribution is -0.136. The maximum absolute atomic E-state index is 11.5. The summed E-state index contributed by atoms with van der Waals surface area (Å²) in [7, 11) is 0. The number of rotatable bonds is 7. The number of unbranched alkanes of at least 4 members (excludes halogenated alkanes) is 1. The Balaban J connectivity index is 2.11. The molecule has 0 aliphatic heterocycles. The number of aliphatic carboxylic acids is 1. The Bertz CT molecular complexity index is 286. The van der Waals surface area contributed by atoms with Gasteiger partial charge >= 0.3 is 12.0 Å². The Morgan fingerprint density at radius 1 is 1.21 bits per heavy atom. The van der Waals surface area contributed by atoms with Crippen molar-refractivity contribution in [3.05, 3.63) is 0 Å². The third kappa shape index (κ3) is 7.03. The minimum atomic E-state index is -0.892. The van der Waals surface area contributed by atoms with Crippen molar-refractivity contribution in [1.82, 2.24) is 10.6 Å². The second-order valence-corrected chi connectivity index (χ2v) is 5.40. The van der Waals surface area contributed by atoms with E-state index in [1.54, 1.807) is 0 Å². The fourth-order valence-corrected chi connectivity index (χ4v) is 2.61. The first kappa shape index (κ1) is 15.8. The SMILES string of the molecule is CCCCC1CCC(NC(=O)NCCC(=O)O)CC1. The van der Waals surface area contributed by atoms with E-state index >= 15 is 0 Å². The molecule has 1 rings (SSSR count). The summed E-state index contributed by atoms with van der Waals surface area (Å²) in [6, 6.07) is 0.0148. The molecule has 0 saturated heterocycles. The summed E-state index contributed by atoms with van der Waals surface area (Å²) >= 11 is 0. The highest BCUT2D eigenvalue weighted by Crippen LogP contribution is 2.28. The van der Waals surface area contributed by atoms with E-state index in [0.29, 0.717) is 0 Å². The lowest BCUT2D eigenvalue weighted by Crippen LogP contribution is -2.44. The van der Waals surface area contributed by atoms with Crippen molar-refractivity contribution in [3.63, 3.8) is 0 Å². The summed E-state index contributed by atoms with van der Waals surface area (Å²) in [5.74, 6) is -0.0650. The number of carbonyl (C=O) groups is 2. The van der Waals surface area contributed by atoms with Crippen molar-refractivity contribution in [2.75, 3.05) is 6.54 Å². The first-order valence-corrected chi connectivity index (χ1v) is 7.38. The molecule has 0 radical (unpaired) electrons. The third-order valence-corrected chi connectivity index (χ3v) is 3.77. The summed E-state index contributed by atoms with van der Waals surface area (Å²) in [6.45, 7) is 2.40. The number of carbonyl (C=O) groups excluding carboxylic acids is 1. The van der Waals surface area contributed by atoms with Gasteiger partial charge in [0.25, 0.3) is 0 Å². The minimum absolute atomic E-state index is 0.0306. The van der Waals surface area contributed by atoms with Gasteiger partial charge in [-0.2, -0.15) is 0 Å². The van der Waals surface area contributed by atoms with Gasteiger partial charge in [-0.15, -0.1) is 0 Å². The van der Waals surface area contributed by atoms with Crippen LogP contribution in [0.15, 0.2) is 0 Å². The molecule has 110 valence electrons. The molecular weight excluding hydrogens is 244 g/mol. The van der Waals surface area contributed by atoms with Gasteiger partial charge in [-0.3, -0.25) is 4.79 Å². The van der Waals surface area contributed by atoms with E-state index in [1.807, 2.05) is 0 Å². The van der Waals surface area contributed by atoms with Crippen molar-refractivity contribution in [3.8, 4) is 0 Å². The maximum atomic E-state index is 11.5. The van der Waals surface area contributed by atoms with Crippen LogP contribution in [0.4, 0.5) is 4.79 Å². The van der Waals surface area contributed by atoms with Gasteiger partial charge in [-0.05, 0) is 31.6 Å². The van der Waals surface area contributed by atoms with E-state index in [-0.39, 0.29) is 25.0 Å². The molecule has 0 unspecified atom stereocenters. The van der Waals surface area contributed by atoms with Crippen LogP contribution < -0.4 is 10.6 Å². The van der Waals surface area contributed by atoms with E-state index in [9.17, 15) is 9.59 Å². The van der Waals surface area contributed by atoms with Gasteiger partial charge < -0.3 is 15.7 Å². The molecule has 0 heterocycles. The van der Waals surface area contributed by atoms with Crippen LogP contribution in [0.3, 0.4) is 0 Å². The lowest BCUT2D eigenvalue weighted by atomic mass is 9.83. The van der Waals surface area contributed by atoms with Crippen LogP contribution in [-0.2, 0) is 4.79 Å². The smallest absolute Gasteiger partial charge is 0.315 e. The number of carboxylic acid groups (broad SMARTS) is 1. The Hall–Kier alpha value is -1.26. The second-order valence-electron chi connectivity index (χ2n) is 5.40. The maximum Gasteiger partial charge on any atom is 0.315 e. The van der Waals surface area contributed by atoms with Crippen LogP contribution in [0.25, 0.3) is 0 Å². The number of carboxylic acids is 1. The molecule has 1 aliphatic carbocycles. The average Bonchev–Trinajstić information content (AvgIpc) is 2.37. The van der Waals surface area contributed by atoms with Gasteiger partial charge in [-0.25, -0.2) is 4.79 Å². The van der Waals surface area contributed by atoms with E-state index in [1.165, 1.54) is 32.1 Å². The topological polar surface area (TPSA) is 78.4 Å². The van der Waals surface area contributed by atoms with Crippen molar-refractivity contribution in [2.24, 2.45) is 5.92 Å². The van der Waals surface area contributed by atoms with Gasteiger partial charge in [0.15, 0.2) is 0 Å². The summed E-state index contributed by atoms with van der Waals surface area (Å²) in [5.41, 5.74) is 0. The molecular formula is C14H26N2O3.